The maximum atomic E-state index is 13.9. The second-order valence-corrected chi connectivity index (χ2v) is 11.4. The summed E-state index contributed by atoms with van der Waals surface area (Å²) in [7, 11) is 0. The third kappa shape index (κ3) is 9.40. The van der Waals surface area contributed by atoms with Gasteiger partial charge in [-0.25, -0.2) is 9.59 Å². The molecule has 0 heterocycles. The third-order valence-electron chi connectivity index (χ3n) is 4.79. The zero-order valence-electron chi connectivity index (χ0n) is 21.1. The largest absolute Gasteiger partial charge is 0.458 e. The van der Waals surface area contributed by atoms with Crippen LogP contribution in [0, 0.1) is 0 Å². The van der Waals surface area contributed by atoms with Crippen LogP contribution in [-0.4, -0.2) is 53.2 Å². The molecule has 12 heteroatoms. The number of rotatable bonds is 9. The van der Waals surface area contributed by atoms with Crippen LogP contribution in [0.3, 0.4) is 0 Å². The first-order chi connectivity index (χ1) is 16.2. The lowest BCUT2D eigenvalue weighted by molar-refractivity contribution is -0.304. The molecule has 0 radical (unpaired) electrons. The first-order valence-electron chi connectivity index (χ1n) is 11.2. The Morgan fingerprint density at radius 2 is 1.33 bits per heavy atom. The Morgan fingerprint density at radius 3 is 1.78 bits per heavy atom. The topological polar surface area (TPSA) is 64.6 Å². The van der Waals surface area contributed by atoms with Gasteiger partial charge in [-0.3, -0.25) is 0 Å². The molecule has 36 heavy (non-hydrogen) atoms. The quantitative estimate of drug-likeness (QED) is 0.210. The molecule has 0 unspecified atom stereocenters. The maximum absolute atomic E-state index is 13.9. The van der Waals surface area contributed by atoms with Crippen molar-refractivity contribution >= 4 is 23.8 Å². The average molecular weight is 546 g/mol. The van der Waals surface area contributed by atoms with E-state index in [1.165, 1.54) is 6.07 Å². The number of thioether (sulfide) groups is 1. The number of nitrogens with one attached hydrogen (secondary N) is 1. The van der Waals surface area contributed by atoms with Crippen LogP contribution in [0.2, 0.25) is 0 Å². The molecule has 0 saturated carbocycles. The standard InChI is InChI=1S/C24H33F6NO4S/c1-20(2,3)34-18(32)17(31-19(33)35-21(4,5)6)12-14-36-15-13-22(23(25,26)27,24(28,29)30)16-10-8-7-9-11-16/h7-11,17H,12-15H2,1-6H3,(H,31,33)/t17-/m0/s1. The van der Waals surface area contributed by atoms with Crippen LogP contribution in [0.4, 0.5) is 31.1 Å². The number of carbonyl (C=O) groups excluding carboxylic acids is 2. The number of benzene rings is 1. The molecule has 1 rings (SSSR count). The molecule has 0 bridgehead atoms. The SMILES string of the molecule is CC(C)(C)OC(=O)N[C@@H](CCSCCC(c1ccccc1)(C(F)(F)F)C(F)(F)F)C(=O)OC(C)(C)C. The van der Waals surface area contributed by atoms with Crippen molar-refractivity contribution in [1.29, 1.82) is 0 Å². The van der Waals surface area contributed by atoms with Gasteiger partial charge in [-0.1, -0.05) is 30.3 Å². The number of hydrogen-bond donors (Lipinski definition) is 1. The molecule has 0 fully saturated rings. The molecular formula is C24H33F6NO4S. The Hall–Kier alpha value is -2.11. The van der Waals surface area contributed by atoms with Gasteiger partial charge in [0.2, 0.25) is 0 Å². The number of alkyl halides is 6. The lowest BCUT2D eigenvalue weighted by Gasteiger charge is -2.38. The van der Waals surface area contributed by atoms with Crippen LogP contribution in [0.1, 0.15) is 59.9 Å². The summed E-state index contributed by atoms with van der Waals surface area (Å²) in [6.45, 7) is 9.69. The van der Waals surface area contributed by atoms with Gasteiger partial charge in [-0.15, -0.1) is 0 Å². The van der Waals surface area contributed by atoms with Crippen LogP contribution in [0.5, 0.6) is 0 Å². The van der Waals surface area contributed by atoms with Crippen molar-refractivity contribution in [3.8, 4) is 0 Å². The average Bonchev–Trinajstić information content (AvgIpc) is 2.65. The molecule has 5 nitrogen and oxygen atoms in total. The lowest BCUT2D eigenvalue weighted by atomic mass is 9.76. The maximum Gasteiger partial charge on any atom is 0.408 e. The molecule has 0 aliphatic rings. The van der Waals surface area contributed by atoms with Gasteiger partial charge in [-0.2, -0.15) is 38.1 Å². The smallest absolute Gasteiger partial charge is 0.408 e. The van der Waals surface area contributed by atoms with Crippen LogP contribution >= 0.6 is 11.8 Å². The number of hydrogen-bond acceptors (Lipinski definition) is 5. The highest BCUT2D eigenvalue weighted by molar-refractivity contribution is 7.99. The normalized spacial score (nSPS) is 14.2. The van der Waals surface area contributed by atoms with Crippen LogP contribution in [-0.2, 0) is 19.7 Å². The van der Waals surface area contributed by atoms with Crippen molar-refractivity contribution < 1.29 is 45.4 Å². The van der Waals surface area contributed by atoms with Gasteiger partial charge in [-0.05, 0) is 71.5 Å². The molecule has 1 N–H and O–H groups in total. The van der Waals surface area contributed by atoms with Crippen LogP contribution in [0.25, 0.3) is 0 Å². The van der Waals surface area contributed by atoms with E-state index in [0.717, 1.165) is 36.0 Å². The lowest BCUT2D eigenvalue weighted by Crippen LogP contribution is -2.54. The predicted octanol–water partition coefficient (Wildman–Crippen LogP) is 6.80. The number of ether oxygens (including phenoxy) is 2. The van der Waals surface area contributed by atoms with Gasteiger partial charge in [0.1, 0.15) is 17.2 Å². The Bertz CT molecular complexity index is 847. The fourth-order valence-corrected chi connectivity index (χ4v) is 4.30. The van der Waals surface area contributed by atoms with E-state index in [-0.39, 0.29) is 12.2 Å². The number of alkyl carbamates (subject to hydrolysis) is 1. The van der Waals surface area contributed by atoms with E-state index in [9.17, 15) is 35.9 Å². The summed E-state index contributed by atoms with van der Waals surface area (Å²) in [6, 6.07) is 4.02. The molecule has 1 aromatic carbocycles. The van der Waals surface area contributed by atoms with Gasteiger partial charge >= 0.3 is 24.4 Å². The zero-order chi connectivity index (χ0) is 28.0. The van der Waals surface area contributed by atoms with Crippen molar-refractivity contribution in [3.63, 3.8) is 0 Å². The van der Waals surface area contributed by atoms with Crippen molar-refractivity contribution in [2.24, 2.45) is 0 Å². The van der Waals surface area contributed by atoms with Gasteiger partial charge in [0, 0.05) is 0 Å². The highest BCUT2D eigenvalue weighted by atomic mass is 32.2. The molecule has 0 aliphatic heterocycles. The first-order valence-corrected chi connectivity index (χ1v) is 12.3. The first kappa shape index (κ1) is 31.9. The minimum absolute atomic E-state index is 0.0136. The number of amides is 1. The summed E-state index contributed by atoms with van der Waals surface area (Å²) in [5, 5.41) is 2.37. The van der Waals surface area contributed by atoms with E-state index < -0.39 is 64.8 Å². The molecular weight excluding hydrogens is 512 g/mol. The van der Waals surface area contributed by atoms with E-state index in [4.69, 9.17) is 9.47 Å². The highest BCUT2D eigenvalue weighted by Gasteiger charge is 2.70. The monoisotopic (exact) mass is 545 g/mol. The highest BCUT2D eigenvalue weighted by Crippen LogP contribution is 2.54. The molecule has 0 aromatic heterocycles. The van der Waals surface area contributed by atoms with Crippen LogP contribution < -0.4 is 5.32 Å². The van der Waals surface area contributed by atoms with Crippen molar-refractivity contribution in [2.45, 2.75) is 89.4 Å². The third-order valence-corrected chi connectivity index (χ3v) is 5.81. The van der Waals surface area contributed by atoms with Crippen molar-refractivity contribution in [1.82, 2.24) is 5.32 Å². The second kappa shape index (κ2) is 12.0. The molecule has 0 aliphatic carbocycles. The van der Waals surface area contributed by atoms with Gasteiger partial charge in [0.15, 0.2) is 5.41 Å². The summed E-state index contributed by atoms with van der Waals surface area (Å²) in [6.07, 6.45) is -13.4. The van der Waals surface area contributed by atoms with Crippen molar-refractivity contribution in [2.75, 3.05) is 11.5 Å². The molecule has 1 atom stereocenters. The van der Waals surface area contributed by atoms with Crippen LogP contribution in [0.15, 0.2) is 30.3 Å². The predicted molar refractivity (Wildman–Crippen MR) is 126 cm³/mol. The molecule has 206 valence electrons. The fourth-order valence-electron chi connectivity index (χ4n) is 3.24. The number of esters is 1. The van der Waals surface area contributed by atoms with E-state index in [1.807, 2.05) is 0 Å². The summed E-state index contributed by atoms with van der Waals surface area (Å²) < 4.78 is 93.7. The minimum Gasteiger partial charge on any atom is -0.458 e. The summed E-state index contributed by atoms with van der Waals surface area (Å²) in [5.74, 6) is -1.31. The minimum atomic E-state index is -5.58. The zero-order valence-corrected chi connectivity index (χ0v) is 21.9. The van der Waals surface area contributed by atoms with E-state index >= 15 is 0 Å². The fraction of sp³-hybridized carbons (Fsp3) is 0.667. The molecule has 1 amide bonds. The Balaban J connectivity index is 2.96. The van der Waals surface area contributed by atoms with Gasteiger partial charge in [0.05, 0.1) is 0 Å². The molecule has 0 saturated heterocycles. The molecule has 0 spiro atoms. The second-order valence-electron chi connectivity index (χ2n) is 10.2. The number of carbonyl (C=O) groups is 2. The Morgan fingerprint density at radius 1 is 0.833 bits per heavy atom. The molecule has 1 aromatic rings. The Kier molecular flexibility index (Phi) is 10.6. The summed E-state index contributed by atoms with van der Waals surface area (Å²) >= 11 is 0.811. The number of halogens is 6. The van der Waals surface area contributed by atoms with E-state index in [1.54, 1.807) is 41.5 Å². The van der Waals surface area contributed by atoms with Crippen molar-refractivity contribution in [3.05, 3.63) is 35.9 Å². The summed E-state index contributed by atoms with van der Waals surface area (Å²) in [5.41, 5.74) is -6.66. The summed E-state index contributed by atoms with van der Waals surface area (Å²) in [4.78, 5) is 24.7. The van der Waals surface area contributed by atoms with E-state index in [0.29, 0.717) is 0 Å². The van der Waals surface area contributed by atoms with E-state index in [2.05, 4.69) is 5.32 Å². The van der Waals surface area contributed by atoms with Gasteiger partial charge in [0.25, 0.3) is 0 Å². The van der Waals surface area contributed by atoms with Gasteiger partial charge < -0.3 is 14.8 Å². The Labute approximate surface area is 211 Å².